The number of halogens is 1. The van der Waals surface area contributed by atoms with Gasteiger partial charge in [0.2, 0.25) is 10.0 Å². The monoisotopic (exact) mass is 372 g/mol. The molecule has 0 aliphatic carbocycles. The predicted molar refractivity (Wildman–Crippen MR) is 98.0 cm³/mol. The van der Waals surface area contributed by atoms with Crippen molar-refractivity contribution in [3.8, 4) is 16.9 Å². The maximum absolute atomic E-state index is 13.2. The van der Waals surface area contributed by atoms with Crippen LogP contribution in [-0.4, -0.2) is 18.7 Å². The van der Waals surface area contributed by atoms with Crippen LogP contribution in [-0.2, 0) is 23.2 Å². The second-order valence-electron chi connectivity index (χ2n) is 6.14. The van der Waals surface area contributed by atoms with Gasteiger partial charge in [-0.2, -0.15) is 0 Å². The molecule has 1 aliphatic heterocycles. The average molecular weight is 372 g/mol. The van der Waals surface area contributed by atoms with E-state index in [2.05, 4.69) is 4.72 Å². The molecule has 4 rings (SSSR count). The van der Waals surface area contributed by atoms with Crippen LogP contribution in [0.2, 0.25) is 0 Å². The van der Waals surface area contributed by atoms with Gasteiger partial charge >= 0.3 is 0 Å². The minimum absolute atomic E-state index is 0.0843. The second-order valence-corrected chi connectivity index (χ2v) is 7.98. The maximum atomic E-state index is 13.2. The lowest BCUT2D eigenvalue weighted by molar-refractivity contribution is 0.305. The first-order chi connectivity index (χ1) is 12.5. The summed E-state index contributed by atoms with van der Waals surface area (Å²) in [5.74, 6) is 1.04. The highest BCUT2D eigenvalue weighted by Crippen LogP contribution is 2.33. The van der Waals surface area contributed by atoms with E-state index in [0.29, 0.717) is 18.1 Å². The normalized spacial score (nSPS) is 15.1. The molecular weight excluding hydrogens is 355 g/mol. The Morgan fingerprint density at radius 3 is 2.69 bits per heavy atom. The second kappa shape index (κ2) is 6.49. The average Bonchev–Trinajstić information content (AvgIpc) is 3.02. The van der Waals surface area contributed by atoms with Crippen molar-refractivity contribution in [1.82, 2.24) is 4.57 Å². The lowest BCUT2D eigenvalue weighted by atomic mass is 10.1. The van der Waals surface area contributed by atoms with Crippen molar-refractivity contribution in [2.24, 2.45) is 0 Å². The van der Waals surface area contributed by atoms with Gasteiger partial charge in [-0.15, -0.1) is 0 Å². The predicted octanol–water partition coefficient (Wildman–Crippen LogP) is 3.63. The molecular formula is C19H17FN2O3S. The highest BCUT2D eigenvalue weighted by Gasteiger charge is 2.23. The molecule has 3 aromatic rings. The topological polar surface area (TPSA) is 60.3 Å². The molecule has 1 N–H and O–H groups in total. The zero-order chi connectivity index (χ0) is 18.1. The quantitative estimate of drug-likeness (QED) is 0.761. The van der Waals surface area contributed by atoms with Crippen LogP contribution in [0, 0.1) is 5.82 Å². The molecule has 0 radical (unpaired) electrons. The minimum atomic E-state index is -3.27. The van der Waals surface area contributed by atoms with Crippen LogP contribution >= 0.6 is 0 Å². The van der Waals surface area contributed by atoms with Gasteiger partial charge in [0, 0.05) is 18.3 Å². The summed E-state index contributed by atoms with van der Waals surface area (Å²) < 4.78 is 47.0. The van der Waals surface area contributed by atoms with Crippen LogP contribution in [0.3, 0.4) is 0 Å². The zero-order valence-electron chi connectivity index (χ0n) is 13.9. The Bertz CT molecular complexity index is 1040. The molecule has 0 saturated carbocycles. The molecule has 0 amide bonds. The standard InChI is InChI=1S/C19H17FN2O3S/c20-16-3-1-2-14(12-16)13-25-17-6-4-15(5-7-17)18-8-9-22-10-11-26(23,24)21-19(18)22/h1-9,12,21H,10-11,13H2. The molecule has 26 heavy (non-hydrogen) atoms. The number of aryl methyl sites for hydroxylation is 1. The first-order valence-electron chi connectivity index (χ1n) is 8.17. The van der Waals surface area contributed by atoms with Crippen LogP contribution in [0.15, 0.2) is 60.8 Å². The molecule has 2 heterocycles. The summed E-state index contributed by atoms with van der Waals surface area (Å²) in [6, 6.07) is 15.6. The van der Waals surface area contributed by atoms with E-state index in [0.717, 1.165) is 16.7 Å². The van der Waals surface area contributed by atoms with Crippen LogP contribution in [0.25, 0.3) is 11.1 Å². The van der Waals surface area contributed by atoms with Crippen LogP contribution in [0.5, 0.6) is 5.75 Å². The number of aromatic nitrogens is 1. The van der Waals surface area contributed by atoms with E-state index in [1.807, 2.05) is 41.1 Å². The van der Waals surface area contributed by atoms with Crippen molar-refractivity contribution in [2.75, 3.05) is 10.5 Å². The molecule has 0 fully saturated rings. The molecule has 134 valence electrons. The number of ether oxygens (including phenoxy) is 1. The van der Waals surface area contributed by atoms with Gasteiger partial charge in [-0.25, -0.2) is 12.8 Å². The fraction of sp³-hybridized carbons (Fsp3) is 0.158. The van der Waals surface area contributed by atoms with E-state index in [4.69, 9.17) is 4.74 Å². The summed E-state index contributed by atoms with van der Waals surface area (Å²) in [7, 11) is -3.27. The number of anilines is 1. The van der Waals surface area contributed by atoms with E-state index in [1.165, 1.54) is 12.1 Å². The van der Waals surface area contributed by atoms with Crippen molar-refractivity contribution < 1.29 is 17.5 Å². The van der Waals surface area contributed by atoms with Crippen LogP contribution in [0.1, 0.15) is 5.56 Å². The van der Waals surface area contributed by atoms with Gasteiger partial charge in [-0.1, -0.05) is 24.3 Å². The Kier molecular flexibility index (Phi) is 4.16. The first kappa shape index (κ1) is 16.7. The number of hydrogen-bond donors (Lipinski definition) is 1. The number of fused-ring (bicyclic) bond motifs is 1. The van der Waals surface area contributed by atoms with Crippen molar-refractivity contribution in [3.63, 3.8) is 0 Å². The molecule has 0 bridgehead atoms. The van der Waals surface area contributed by atoms with Gasteiger partial charge in [0.1, 0.15) is 24.0 Å². The lowest BCUT2D eigenvalue weighted by Crippen LogP contribution is -2.27. The molecule has 1 aliphatic rings. The Morgan fingerprint density at radius 1 is 1.12 bits per heavy atom. The largest absolute Gasteiger partial charge is 0.489 e. The number of hydrogen-bond acceptors (Lipinski definition) is 3. The third-order valence-corrected chi connectivity index (χ3v) is 5.50. The van der Waals surface area contributed by atoms with Crippen molar-refractivity contribution in [1.29, 1.82) is 0 Å². The van der Waals surface area contributed by atoms with E-state index in [1.54, 1.807) is 12.1 Å². The third kappa shape index (κ3) is 3.43. The van der Waals surface area contributed by atoms with Crippen molar-refractivity contribution in [2.45, 2.75) is 13.2 Å². The summed E-state index contributed by atoms with van der Waals surface area (Å²) in [5.41, 5.74) is 2.47. The van der Waals surface area contributed by atoms with Gasteiger partial charge < -0.3 is 9.30 Å². The summed E-state index contributed by atoms with van der Waals surface area (Å²) >= 11 is 0. The third-order valence-electron chi connectivity index (χ3n) is 4.28. The molecule has 0 saturated heterocycles. The van der Waals surface area contributed by atoms with Crippen LogP contribution in [0.4, 0.5) is 10.2 Å². The van der Waals surface area contributed by atoms with Gasteiger partial charge in [-0.3, -0.25) is 4.72 Å². The van der Waals surface area contributed by atoms with E-state index >= 15 is 0 Å². The Labute approximate surface area is 151 Å². The Hall–Kier alpha value is -2.80. The maximum Gasteiger partial charge on any atom is 0.235 e. The van der Waals surface area contributed by atoms with Crippen molar-refractivity contribution in [3.05, 3.63) is 72.2 Å². The van der Waals surface area contributed by atoms with Crippen molar-refractivity contribution >= 4 is 15.8 Å². The van der Waals surface area contributed by atoms with Gasteiger partial charge in [0.15, 0.2) is 0 Å². The molecule has 1 aromatic heterocycles. The number of nitrogens with zero attached hydrogens (tertiary/aromatic N) is 1. The zero-order valence-corrected chi connectivity index (χ0v) is 14.7. The fourth-order valence-corrected chi connectivity index (χ4v) is 4.01. The smallest absolute Gasteiger partial charge is 0.235 e. The molecule has 7 heteroatoms. The van der Waals surface area contributed by atoms with Crippen LogP contribution < -0.4 is 9.46 Å². The Morgan fingerprint density at radius 2 is 1.92 bits per heavy atom. The summed E-state index contributed by atoms with van der Waals surface area (Å²) in [5, 5.41) is 0. The molecule has 0 spiro atoms. The molecule has 5 nitrogen and oxygen atoms in total. The number of sulfonamides is 1. The Balaban J connectivity index is 1.51. The first-order valence-corrected chi connectivity index (χ1v) is 9.83. The molecule has 0 unspecified atom stereocenters. The van der Waals surface area contributed by atoms with E-state index in [9.17, 15) is 12.8 Å². The highest BCUT2D eigenvalue weighted by atomic mass is 32.2. The lowest BCUT2D eigenvalue weighted by Gasteiger charge is -2.19. The summed E-state index contributed by atoms with van der Waals surface area (Å²) in [4.78, 5) is 0. The summed E-state index contributed by atoms with van der Waals surface area (Å²) in [6.07, 6.45) is 1.88. The highest BCUT2D eigenvalue weighted by molar-refractivity contribution is 7.92. The van der Waals surface area contributed by atoms with Gasteiger partial charge in [0.05, 0.1) is 5.75 Å². The number of nitrogens with one attached hydrogen (secondary N) is 1. The molecule has 2 aromatic carbocycles. The minimum Gasteiger partial charge on any atom is -0.489 e. The molecule has 0 atom stereocenters. The fourth-order valence-electron chi connectivity index (χ4n) is 2.95. The number of rotatable bonds is 4. The van der Waals surface area contributed by atoms with E-state index < -0.39 is 10.0 Å². The number of benzene rings is 2. The summed E-state index contributed by atoms with van der Waals surface area (Å²) in [6.45, 7) is 0.720. The SMILES string of the molecule is O=S1(=O)CCn2ccc(-c3ccc(OCc4cccc(F)c4)cc3)c2N1. The van der Waals surface area contributed by atoms with Gasteiger partial charge in [-0.05, 0) is 41.5 Å². The van der Waals surface area contributed by atoms with Gasteiger partial charge in [0.25, 0.3) is 0 Å². The van der Waals surface area contributed by atoms with E-state index in [-0.39, 0.29) is 18.2 Å².